The Hall–Kier alpha value is -5.37. The summed E-state index contributed by atoms with van der Waals surface area (Å²) in [6, 6.07) is 19.8. The van der Waals surface area contributed by atoms with Crippen LogP contribution >= 0.6 is 0 Å². The van der Waals surface area contributed by atoms with Gasteiger partial charge in [0.15, 0.2) is 0 Å². The number of unbranched alkanes of at least 4 members (excludes halogenated alkanes) is 2. The quantitative estimate of drug-likeness (QED) is 0.0507. The number of nitrogens with one attached hydrogen (secondary N) is 1. The van der Waals surface area contributed by atoms with Crippen LogP contribution in [0.4, 0.5) is 10.5 Å². The highest BCUT2D eigenvalue weighted by atomic mass is 16.7. The van der Waals surface area contributed by atoms with Crippen LogP contribution in [0.5, 0.6) is 23.0 Å². The van der Waals surface area contributed by atoms with Gasteiger partial charge in [0.2, 0.25) is 11.7 Å². The van der Waals surface area contributed by atoms with Crippen molar-refractivity contribution in [1.82, 2.24) is 4.90 Å². The third-order valence-electron chi connectivity index (χ3n) is 12.8. The fraction of sp³-hybridized carbons (Fsp3) is 0.500. The van der Waals surface area contributed by atoms with Crippen molar-refractivity contribution < 1.29 is 48.3 Å². The van der Waals surface area contributed by atoms with Crippen LogP contribution in [0, 0.1) is 23.7 Å². The zero-order valence-electron chi connectivity index (χ0n) is 36.8. The molecule has 3 aromatic rings. The molecular weight excluding hydrogens is 803 g/mol. The lowest BCUT2D eigenvalue weighted by Gasteiger charge is -2.60. The van der Waals surface area contributed by atoms with E-state index in [-0.39, 0.29) is 56.0 Å². The minimum Gasteiger partial charge on any atom is -0.497 e. The summed E-state index contributed by atoms with van der Waals surface area (Å²) in [6.07, 6.45) is 10.6. The first-order chi connectivity index (χ1) is 30.8. The van der Waals surface area contributed by atoms with E-state index >= 15 is 0 Å². The summed E-state index contributed by atoms with van der Waals surface area (Å²) in [5.74, 6) is -0.136. The molecule has 63 heavy (non-hydrogen) atoms. The van der Waals surface area contributed by atoms with E-state index in [0.29, 0.717) is 54.5 Å². The first kappa shape index (κ1) is 45.6. The topological polar surface area (TPSA) is 158 Å². The molecule has 1 heterocycles. The molecule has 6 atom stereocenters. The molecule has 3 N–H and O–H groups in total. The standard InChI is InChI=1S/C50H63N3O10/c1-5-24-53(48(56)34-18-19-34)45-31-42(52-61-32-33-14-8-7-9-15-33)39-28-35(16-10-12-25-54)38(17-11-13-26-55)46-40-29-37(21-23-43(40)63-50(45,47(39)46)60-27-6-2)62-49(57)51-41-22-20-36(58-3)30-44(41)59-4/h6-9,14-15,20-23,28-30,34-35,38,45-47,54-55H,2,5,10-13,16-19,24-27,31-32H2,1,3-4H3,(H,51,57)/t35-,38+,45-,46+,47+,50+/m0/s1. The van der Waals surface area contributed by atoms with Gasteiger partial charge in [-0.15, -0.1) is 6.58 Å². The van der Waals surface area contributed by atoms with Gasteiger partial charge >= 0.3 is 6.09 Å². The second-order valence-electron chi connectivity index (χ2n) is 16.9. The smallest absolute Gasteiger partial charge is 0.417 e. The lowest BCUT2D eigenvalue weighted by Crippen LogP contribution is -2.70. The minimum absolute atomic E-state index is 0.00924. The summed E-state index contributed by atoms with van der Waals surface area (Å²) >= 11 is 0. The molecule has 0 bridgehead atoms. The summed E-state index contributed by atoms with van der Waals surface area (Å²) in [7, 11) is 3.07. The summed E-state index contributed by atoms with van der Waals surface area (Å²) in [5.41, 5.74) is 3.92. The third-order valence-corrected chi connectivity index (χ3v) is 12.8. The Labute approximate surface area is 371 Å². The number of benzene rings is 3. The normalized spacial score (nSPS) is 23.9. The number of ether oxygens (including phenoxy) is 5. The Morgan fingerprint density at radius 1 is 0.968 bits per heavy atom. The first-order valence-corrected chi connectivity index (χ1v) is 22.5. The first-order valence-electron chi connectivity index (χ1n) is 22.5. The van der Waals surface area contributed by atoms with Gasteiger partial charge in [-0.2, -0.15) is 0 Å². The zero-order valence-corrected chi connectivity index (χ0v) is 36.8. The summed E-state index contributed by atoms with van der Waals surface area (Å²) < 4.78 is 31.3. The molecule has 13 nitrogen and oxygen atoms in total. The van der Waals surface area contributed by atoms with Crippen molar-refractivity contribution in [2.24, 2.45) is 28.8 Å². The van der Waals surface area contributed by atoms with Gasteiger partial charge < -0.3 is 43.6 Å². The van der Waals surface area contributed by atoms with Crippen LogP contribution in [-0.2, 0) is 21.0 Å². The summed E-state index contributed by atoms with van der Waals surface area (Å²) in [5, 5.41) is 27.6. The lowest BCUT2D eigenvalue weighted by atomic mass is 9.55. The van der Waals surface area contributed by atoms with Crippen molar-refractivity contribution in [1.29, 1.82) is 0 Å². The molecule has 1 aliphatic heterocycles. The van der Waals surface area contributed by atoms with Crippen molar-refractivity contribution in [3.8, 4) is 23.0 Å². The van der Waals surface area contributed by atoms with Crippen molar-refractivity contribution >= 4 is 23.4 Å². The molecule has 338 valence electrons. The monoisotopic (exact) mass is 865 g/mol. The average Bonchev–Trinajstić information content (AvgIpc) is 4.15. The fourth-order valence-corrected chi connectivity index (χ4v) is 9.84. The maximum atomic E-state index is 14.5. The third kappa shape index (κ3) is 10.2. The maximum Gasteiger partial charge on any atom is 0.417 e. The Balaban J connectivity index is 1.37. The number of hydrogen-bond donors (Lipinski definition) is 3. The lowest BCUT2D eigenvalue weighted by molar-refractivity contribution is -0.257. The van der Waals surface area contributed by atoms with Gasteiger partial charge in [0.25, 0.3) is 0 Å². The van der Waals surface area contributed by atoms with E-state index in [9.17, 15) is 19.8 Å². The number of carbonyl (C=O) groups excluding carboxylic acids is 2. The van der Waals surface area contributed by atoms with Gasteiger partial charge in [-0.3, -0.25) is 10.1 Å². The van der Waals surface area contributed by atoms with Crippen LogP contribution in [-0.4, -0.2) is 85.2 Å². The number of amides is 2. The Bertz CT molecular complexity index is 2100. The van der Waals surface area contributed by atoms with Gasteiger partial charge in [-0.05, 0) is 98.2 Å². The van der Waals surface area contributed by atoms with E-state index in [1.165, 1.54) is 7.11 Å². The number of allylic oxidation sites excluding steroid dienone is 1. The molecule has 0 spiro atoms. The number of aliphatic hydroxyl groups is 2. The predicted octanol–water partition coefficient (Wildman–Crippen LogP) is 8.80. The molecule has 2 fully saturated rings. The van der Waals surface area contributed by atoms with Gasteiger partial charge in [-0.1, -0.05) is 67.4 Å². The average molecular weight is 866 g/mol. The van der Waals surface area contributed by atoms with Crippen molar-refractivity contribution in [2.75, 3.05) is 45.9 Å². The van der Waals surface area contributed by atoms with E-state index in [1.807, 2.05) is 47.4 Å². The molecule has 7 rings (SSSR count). The second kappa shape index (κ2) is 21.3. The number of methoxy groups -OCH3 is 2. The number of rotatable bonds is 22. The number of carbonyl (C=O) groups is 2. The summed E-state index contributed by atoms with van der Waals surface area (Å²) in [4.78, 5) is 36.2. The Morgan fingerprint density at radius 2 is 1.73 bits per heavy atom. The van der Waals surface area contributed by atoms with Crippen molar-refractivity contribution in [2.45, 2.75) is 95.5 Å². The van der Waals surface area contributed by atoms with E-state index in [2.05, 4.69) is 24.9 Å². The fourth-order valence-electron chi connectivity index (χ4n) is 9.84. The number of fused-ring (bicyclic) bond motifs is 2. The van der Waals surface area contributed by atoms with E-state index in [1.54, 1.807) is 37.5 Å². The highest BCUT2D eigenvalue weighted by Crippen LogP contribution is 2.62. The Kier molecular flexibility index (Phi) is 15.5. The molecule has 2 saturated carbocycles. The van der Waals surface area contributed by atoms with E-state index in [0.717, 1.165) is 67.4 Å². The molecule has 4 aliphatic rings. The van der Waals surface area contributed by atoms with Crippen LogP contribution < -0.4 is 24.3 Å². The van der Waals surface area contributed by atoms with Crippen LogP contribution in [0.15, 0.2) is 96.2 Å². The van der Waals surface area contributed by atoms with Gasteiger partial charge in [-0.25, -0.2) is 4.79 Å². The molecule has 0 radical (unpaired) electrons. The molecule has 3 aliphatic carbocycles. The molecule has 3 aromatic carbocycles. The second-order valence-corrected chi connectivity index (χ2v) is 16.9. The van der Waals surface area contributed by atoms with Crippen molar-refractivity contribution in [3.05, 3.63) is 102 Å². The highest BCUT2D eigenvalue weighted by Gasteiger charge is 2.65. The maximum absolute atomic E-state index is 14.5. The van der Waals surface area contributed by atoms with Gasteiger partial charge in [0.1, 0.15) is 35.6 Å². The van der Waals surface area contributed by atoms with Crippen molar-refractivity contribution in [3.63, 3.8) is 0 Å². The number of aliphatic hydroxyl groups excluding tert-OH is 2. The van der Waals surface area contributed by atoms with E-state index < -0.39 is 23.8 Å². The Morgan fingerprint density at radius 3 is 2.43 bits per heavy atom. The number of anilines is 1. The molecule has 0 unspecified atom stereocenters. The molecule has 0 aromatic heterocycles. The molecule has 13 heteroatoms. The van der Waals surface area contributed by atoms with Gasteiger partial charge in [0.05, 0.1) is 38.1 Å². The number of hydrogen-bond acceptors (Lipinski definition) is 11. The summed E-state index contributed by atoms with van der Waals surface area (Å²) in [6.45, 7) is 7.22. The zero-order chi connectivity index (χ0) is 44.3. The SMILES string of the molecule is C=CCO[C@@]12Oc3ccc(OC(=O)Nc4ccc(OC)cc4OC)cc3[C@H]3[C@H](CCCCO)[C@@H](CCCCO)C=C(C(=NOCc4ccccc4)C[C@@H]1N(CCC)C(=O)C1CC1)[C@H]32. The highest BCUT2D eigenvalue weighted by molar-refractivity contribution is 6.03. The molecule has 0 saturated heterocycles. The van der Waals surface area contributed by atoms with E-state index in [4.69, 9.17) is 33.7 Å². The van der Waals surface area contributed by atoms with Gasteiger partial charge in [0, 0.05) is 49.6 Å². The molecular formula is C50H63N3O10. The number of oxime groups is 1. The van der Waals surface area contributed by atoms with Crippen LogP contribution in [0.25, 0.3) is 0 Å². The van der Waals surface area contributed by atoms with Crippen LogP contribution in [0.3, 0.4) is 0 Å². The van der Waals surface area contributed by atoms with Crippen LogP contribution in [0.1, 0.15) is 88.2 Å². The predicted molar refractivity (Wildman–Crippen MR) is 240 cm³/mol. The largest absolute Gasteiger partial charge is 0.497 e. The molecule has 2 amide bonds. The minimum atomic E-state index is -1.36. The van der Waals surface area contributed by atoms with Crippen LogP contribution in [0.2, 0.25) is 0 Å². The number of nitrogens with zero attached hydrogens (tertiary/aromatic N) is 2.